The maximum Gasteiger partial charge on any atom is 0.281 e. The molecule has 1 atom stereocenters. The topological polar surface area (TPSA) is 52.7 Å². The van der Waals surface area contributed by atoms with E-state index in [1.54, 1.807) is 11.4 Å². The first-order valence-corrected chi connectivity index (χ1v) is 9.34. The van der Waals surface area contributed by atoms with Crippen LogP contribution in [-0.4, -0.2) is 56.8 Å². The Hall–Kier alpha value is -0.170. The molecule has 1 aliphatic rings. The highest BCUT2D eigenvalue weighted by Gasteiger charge is 2.28. The molecule has 0 aromatic carbocycles. The zero-order valence-electron chi connectivity index (χ0n) is 13.3. The second kappa shape index (κ2) is 8.97. The quantitative estimate of drug-likeness (QED) is 0.705. The molecular weight excluding hydrogens is 274 g/mol. The van der Waals surface area contributed by atoms with E-state index in [4.69, 9.17) is 0 Å². The molecule has 0 radical (unpaired) electrons. The van der Waals surface area contributed by atoms with E-state index >= 15 is 0 Å². The summed E-state index contributed by atoms with van der Waals surface area (Å²) in [6.07, 6.45) is 5.07. The Labute approximate surface area is 124 Å². The first-order chi connectivity index (χ1) is 9.52. The van der Waals surface area contributed by atoms with Gasteiger partial charge in [-0.3, -0.25) is 0 Å². The van der Waals surface area contributed by atoms with Crippen molar-refractivity contribution in [3.63, 3.8) is 0 Å². The fourth-order valence-electron chi connectivity index (χ4n) is 2.61. The summed E-state index contributed by atoms with van der Waals surface area (Å²) in [6, 6.07) is 0. The van der Waals surface area contributed by atoms with Crippen molar-refractivity contribution in [3.05, 3.63) is 0 Å². The van der Waals surface area contributed by atoms with E-state index in [0.717, 1.165) is 45.2 Å². The third kappa shape index (κ3) is 5.31. The van der Waals surface area contributed by atoms with Crippen molar-refractivity contribution in [2.24, 2.45) is 5.92 Å². The van der Waals surface area contributed by atoms with E-state index in [-0.39, 0.29) is 0 Å². The van der Waals surface area contributed by atoms with Crippen molar-refractivity contribution in [1.29, 1.82) is 0 Å². The van der Waals surface area contributed by atoms with Gasteiger partial charge in [-0.1, -0.05) is 20.3 Å². The second-order valence-corrected chi connectivity index (χ2v) is 7.79. The van der Waals surface area contributed by atoms with Crippen molar-refractivity contribution < 1.29 is 8.42 Å². The number of unbranched alkanes of at least 4 members (excludes halogenated alkanes) is 1. The van der Waals surface area contributed by atoms with Crippen molar-refractivity contribution >= 4 is 10.2 Å². The molecule has 1 rings (SSSR count). The van der Waals surface area contributed by atoms with Crippen LogP contribution in [0.25, 0.3) is 0 Å². The summed E-state index contributed by atoms with van der Waals surface area (Å²) in [4.78, 5) is 0. The molecule has 1 saturated heterocycles. The molecule has 1 unspecified atom stereocenters. The van der Waals surface area contributed by atoms with Crippen LogP contribution in [0.1, 0.15) is 46.0 Å². The Kier molecular flexibility index (Phi) is 8.02. The third-order valence-electron chi connectivity index (χ3n) is 3.88. The van der Waals surface area contributed by atoms with Gasteiger partial charge in [0.1, 0.15) is 0 Å². The number of hydrogen-bond donors (Lipinski definition) is 1. The van der Waals surface area contributed by atoms with Crippen LogP contribution in [0.4, 0.5) is 0 Å². The van der Waals surface area contributed by atoms with Crippen LogP contribution in [0.2, 0.25) is 0 Å². The predicted octanol–water partition coefficient (Wildman–Crippen LogP) is 1.67. The van der Waals surface area contributed by atoms with Crippen molar-refractivity contribution in [3.8, 4) is 0 Å². The summed E-state index contributed by atoms with van der Waals surface area (Å²) in [5.41, 5.74) is 0. The molecule has 20 heavy (non-hydrogen) atoms. The van der Waals surface area contributed by atoms with Crippen molar-refractivity contribution in [2.75, 3.05) is 39.8 Å². The van der Waals surface area contributed by atoms with Crippen molar-refractivity contribution in [2.45, 2.75) is 46.0 Å². The van der Waals surface area contributed by atoms with E-state index < -0.39 is 10.2 Å². The molecule has 5 nitrogen and oxygen atoms in total. The van der Waals surface area contributed by atoms with Gasteiger partial charge in [0.15, 0.2) is 0 Å². The van der Waals surface area contributed by atoms with Gasteiger partial charge in [0.05, 0.1) is 0 Å². The normalized spacial score (nSPS) is 20.8. The largest absolute Gasteiger partial charge is 0.316 e. The first-order valence-electron chi connectivity index (χ1n) is 7.94. The van der Waals surface area contributed by atoms with Gasteiger partial charge >= 0.3 is 0 Å². The summed E-state index contributed by atoms with van der Waals surface area (Å²) in [5.74, 6) is 0.449. The molecular formula is C14H31N3O2S. The van der Waals surface area contributed by atoms with Crippen LogP contribution < -0.4 is 5.32 Å². The summed E-state index contributed by atoms with van der Waals surface area (Å²) < 4.78 is 28.5. The number of nitrogens with one attached hydrogen (secondary N) is 1. The Morgan fingerprint density at radius 1 is 1.20 bits per heavy atom. The number of piperidine rings is 1. The minimum absolute atomic E-state index is 0.449. The average molecular weight is 305 g/mol. The predicted molar refractivity (Wildman–Crippen MR) is 83.9 cm³/mol. The molecule has 1 heterocycles. The van der Waals surface area contributed by atoms with Crippen LogP contribution >= 0.6 is 0 Å². The van der Waals surface area contributed by atoms with Crippen LogP contribution in [0.5, 0.6) is 0 Å². The lowest BCUT2D eigenvalue weighted by atomic mass is 10.00. The van der Waals surface area contributed by atoms with E-state index in [1.807, 2.05) is 6.92 Å². The molecule has 1 aliphatic heterocycles. The van der Waals surface area contributed by atoms with Gasteiger partial charge in [0.2, 0.25) is 0 Å². The second-order valence-electron chi connectivity index (χ2n) is 5.75. The minimum Gasteiger partial charge on any atom is -0.316 e. The molecule has 0 saturated carbocycles. The van der Waals surface area contributed by atoms with E-state index in [9.17, 15) is 8.42 Å². The molecule has 0 spiro atoms. The van der Waals surface area contributed by atoms with E-state index in [2.05, 4.69) is 12.2 Å². The molecule has 1 N–H and O–H groups in total. The molecule has 0 bridgehead atoms. The number of nitrogens with zero attached hydrogens (tertiary/aromatic N) is 2. The Morgan fingerprint density at radius 2 is 1.95 bits per heavy atom. The van der Waals surface area contributed by atoms with Gasteiger partial charge in [-0.25, -0.2) is 0 Å². The summed E-state index contributed by atoms with van der Waals surface area (Å²) in [5, 5.41) is 3.36. The van der Waals surface area contributed by atoms with Crippen LogP contribution in [0.3, 0.4) is 0 Å². The maximum absolute atomic E-state index is 12.6. The van der Waals surface area contributed by atoms with Crippen LogP contribution in [0.15, 0.2) is 0 Å². The maximum atomic E-state index is 12.6. The van der Waals surface area contributed by atoms with Gasteiger partial charge in [-0.15, -0.1) is 0 Å². The zero-order valence-corrected chi connectivity index (χ0v) is 14.1. The highest BCUT2D eigenvalue weighted by molar-refractivity contribution is 7.86. The lowest BCUT2D eigenvalue weighted by Crippen LogP contribution is -2.46. The number of hydrogen-bond acceptors (Lipinski definition) is 3. The smallest absolute Gasteiger partial charge is 0.281 e. The van der Waals surface area contributed by atoms with E-state index in [0.29, 0.717) is 25.6 Å². The van der Waals surface area contributed by atoms with Crippen molar-refractivity contribution in [1.82, 2.24) is 13.9 Å². The Bertz CT molecular complexity index is 353. The summed E-state index contributed by atoms with van der Waals surface area (Å²) in [7, 11) is -1.59. The molecule has 0 aliphatic carbocycles. The summed E-state index contributed by atoms with van der Waals surface area (Å²) >= 11 is 0. The Balaban J connectivity index is 2.66. The highest BCUT2D eigenvalue weighted by Crippen LogP contribution is 2.16. The molecule has 6 heteroatoms. The van der Waals surface area contributed by atoms with Gasteiger partial charge in [-0.05, 0) is 44.7 Å². The SMILES string of the molecule is CCCCN(C)S(=O)(=O)N(CCC)CC1CCCNC1. The third-order valence-corrected chi connectivity index (χ3v) is 5.84. The fraction of sp³-hybridized carbons (Fsp3) is 1.00. The van der Waals surface area contributed by atoms with Gasteiger partial charge in [0.25, 0.3) is 10.2 Å². The lowest BCUT2D eigenvalue weighted by Gasteiger charge is -2.32. The van der Waals surface area contributed by atoms with Gasteiger partial charge in [-0.2, -0.15) is 17.0 Å². The average Bonchev–Trinajstić information content (AvgIpc) is 2.45. The van der Waals surface area contributed by atoms with Crippen LogP contribution in [-0.2, 0) is 10.2 Å². The molecule has 0 amide bonds. The molecule has 0 aromatic heterocycles. The minimum atomic E-state index is -3.30. The van der Waals surface area contributed by atoms with Crippen LogP contribution in [0, 0.1) is 5.92 Å². The molecule has 1 fully saturated rings. The fourth-order valence-corrected chi connectivity index (χ4v) is 4.18. The van der Waals surface area contributed by atoms with Gasteiger partial charge < -0.3 is 5.32 Å². The summed E-state index contributed by atoms with van der Waals surface area (Å²) in [6.45, 7) is 8.00. The first kappa shape index (κ1) is 17.9. The zero-order chi connectivity index (χ0) is 15.0. The lowest BCUT2D eigenvalue weighted by molar-refractivity contribution is 0.276. The monoisotopic (exact) mass is 305 g/mol. The van der Waals surface area contributed by atoms with E-state index in [1.165, 1.54) is 4.31 Å². The van der Waals surface area contributed by atoms with Gasteiger partial charge in [0, 0.05) is 26.7 Å². The molecule has 0 aromatic rings. The number of rotatable bonds is 9. The standard InChI is InChI=1S/C14H31N3O2S/c1-4-6-11-16(3)20(18,19)17(10-5-2)13-14-8-7-9-15-12-14/h14-15H,4-13H2,1-3H3. The molecule has 120 valence electrons. The highest BCUT2D eigenvalue weighted by atomic mass is 32.2. The Morgan fingerprint density at radius 3 is 2.50 bits per heavy atom.